The van der Waals surface area contributed by atoms with Gasteiger partial charge in [-0.15, -0.1) is 0 Å². The first kappa shape index (κ1) is 13.0. The van der Waals surface area contributed by atoms with E-state index in [0.29, 0.717) is 0 Å². The Bertz CT molecular complexity index is 335. The number of methoxy groups -OCH3 is 2. The van der Waals surface area contributed by atoms with Gasteiger partial charge >= 0.3 is 0 Å². The molecule has 0 aromatic heterocycles. The molecule has 0 aliphatic heterocycles. The highest BCUT2D eigenvalue weighted by atomic mass is 16.7. The molecule has 0 radical (unpaired) electrons. The van der Waals surface area contributed by atoms with Crippen LogP contribution in [0.5, 0.6) is 0 Å². The molecule has 0 aliphatic carbocycles. The fourth-order valence-corrected chi connectivity index (χ4v) is 1.80. The number of ether oxygens (including phenoxy) is 2. The van der Waals surface area contributed by atoms with Crippen molar-refractivity contribution in [3.63, 3.8) is 0 Å². The van der Waals surface area contributed by atoms with E-state index >= 15 is 0 Å². The van der Waals surface area contributed by atoms with Gasteiger partial charge in [-0.2, -0.15) is 0 Å². The van der Waals surface area contributed by atoms with Gasteiger partial charge in [-0.25, -0.2) is 0 Å². The molecule has 0 unspecified atom stereocenters. The van der Waals surface area contributed by atoms with Gasteiger partial charge in [-0.3, -0.25) is 0 Å². The van der Waals surface area contributed by atoms with Gasteiger partial charge in [0.25, 0.3) is 0 Å². The molecule has 0 N–H and O–H groups in total. The van der Waals surface area contributed by atoms with Crippen LogP contribution in [0.25, 0.3) is 0 Å². The molecular weight excluding hydrogens is 202 g/mol. The fraction of sp³-hybridized carbons (Fsp3) is 0.538. The molecule has 0 aliphatic rings. The molecule has 1 rings (SSSR count). The molecule has 0 spiro atoms. The van der Waals surface area contributed by atoms with Crippen LogP contribution < -0.4 is 4.90 Å². The molecule has 0 heterocycles. The Kier molecular flexibility index (Phi) is 4.77. The smallest absolute Gasteiger partial charge is 0.174 e. The molecule has 90 valence electrons. The van der Waals surface area contributed by atoms with E-state index in [1.54, 1.807) is 14.2 Å². The van der Waals surface area contributed by atoms with E-state index in [4.69, 9.17) is 9.47 Å². The van der Waals surface area contributed by atoms with Crippen LogP contribution in [0.2, 0.25) is 0 Å². The van der Waals surface area contributed by atoms with Crippen LogP contribution in [0.15, 0.2) is 18.2 Å². The molecular formula is C13H21NO2. The Morgan fingerprint density at radius 1 is 1.19 bits per heavy atom. The molecule has 3 heteroatoms. The summed E-state index contributed by atoms with van der Waals surface area (Å²) in [4.78, 5) is 2.15. The average molecular weight is 223 g/mol. The maximum Gasteiger partial charge on any atom is 0.174 e. The van der Waals surface area contributed by atoms with E-state index in [2.05, 4.69) is 36.9 Å². The van der Waals surface area contributed by atoms with Crippen molar-refractivity contribution in [2.45, 2.75) is 20.1 Å². The predicted molar refractivity (Wildman–Crippen MR) is 67.0 cm³/mol. The number of anilines is 1. The van der Waals surface area contributed by atoms with Gasteiger partial charge < -0.3 is 14.4 Å². The van der Waals surface area contributed by atoms with Crippen molar-refractivity contribution in [3.05, 3.63) is 29.3 Å². The van der Waals surface area contributed by atoms with Gasteiger partial charge in [-0.05, 0) is 25.5 Å². The lowest BCUT2D eigenvalue weighted by Crippen LogP contribution is -2.31. The second-order valence-electron chi connectivity index (χ2n) is 4.07. The van der Waals surface area contributed by atoms with Crippen molar-refractivity contribution in [2.24, 2.45) is 0 Å². The Morgan fingerprint density at radius 2 is 1.81 bits per heavy atom. The number of hydrogen-bond acceptors (Lipinski definition) is 3. The molecule has 0 atom stereocenters. The summed E-state index contributed by atoms with van der Waals surface area (Å²) in [5.41, 5.74) is 3.77. The predicted octanol–water partition coefficient (Wildman–Crippen LogP) is 2.36. The third-order valence-electron chi connectivity index (χ3n) is 2.71. The molecule has 1 aromatic rings. The average Bonchev–Trinajstić information content (AvgIpc) is 2.25. The van der Waals surface area contributed by atoms with Gasteiger partial charge in [0.2, 0.25) is 0 Å². The fourth-order valence-electron chi connectivity index (χ4n) is 1.80. The minimum atomic E-state index is -0.189. The molecule has 0 saturated heterocycles. The zero-order chi connectivity index (χ0) is 12.1. The minimum absolute atomic E-state index is 0.189. The topological polar surface area (TPSA) is 21.7 Å². The quantitative estimate of drug-likeness (QED) is 0.715. The molecule has 0 saturated carbocycles. The number of likely N-dealkylation sites (N-methyl/N-ethyl adjacent to an activating group) is 1. The van der Waals surface area contributed by atoms with E-state index in [9.17, 15) is 0 Å². The lowest BCUT2D eigenvalue weighted by Gasteiger charge is -2.25. The van der Waals surface area contributed by atoms with Gasteiger partial charge in [-0.1, -0.05) is 17.7 Å². The summed E-state index contributed by atoms with van der Waals surface area (Å²) < 4.78 is 10.4. The summed E-state index contributed by atoms with van der Waals surface area (Å²) in [5, 5.41) is 0. The van der Waals surface area contributed by atoms with Gasteiger partial charge in [0.1, 0.15) is 0 Å². The Hall–Kier alpha value is -1.06. The van der Waals surface area contributed by atoms with Crippen molar-refractivity contribution in [1.82, 2.24) is 0 Å². The molecule has 0 fully saturated rings. The van der Waals surface area contributed by atoms with E-state index < -0.39 is 0 Å². The molecule has 0 bridgehead atoms. The standard InChI is InChI=1S/C13H21NO2/c1-10-6-7-12(11(2)8-10)14(3)9-13(15-4)16-5/h6-8,13H,9H2,1-5H3. The van der Waals surface area contributed by atoms with E-state index in [-0.39, 0.29) is 6.29 Å². The Morgan fingerprint density at radius 3 is 2.31 bits per heavy atom. The summed E-state index contributed by atoms with van der Waals surface area (Å²) in [6.07, 6.45) is -0.189. The van der Waals surface area contributed by atoms with Crippen molar-refractivity contribution < 1.29 is 9.47 Å². The zero-order valence-electron chi connectivity index (χ0n) is 10.8. The van der Waals surface area contributed by atoms with Crippen molar-refractivity contribution in [1.29, 1.82) is 0 Å². The van der Waals surface area contributed by atoms with Gasteiger partial charge in [0.05, 0.1) is 6.54 Å². The third kappa shape index (κ3) is 3.22. The second kappa shape index (κ2) is 5.87. The summed E-state index contributed by atoms with van der Waals surface area (Å²) in [5.74, 6) is 0. The monoisotopic (exact) mass is 223 g/mol. The number of aryl methyl sites for hydroxylation is 2. The first-order valence-corrected chi connectivity index (χ1v) is 5.42. The molecule has 3 nitrogen and oxygen atoms in total. The summed E-state index contributed by atoms with van der Waals surface area (Å²) in [6.45, 7) is 4.94. The minimum Gasteiger partial charge on any atom is -0.369 e. The van der Waals surface area contributed by atoms with Crippen LogP contribution in [0.3, 0.4) is 0 Å². The Labute approximate surface area is 98.0 Å². The maximum atomic E-state index is 5.19. The van der Waals surface area contributed by atoms with Crippen LogP contribution in [0.1, 0.15) is 11.1 Å². The molecule has 0 amide bonds. The highest BCUT2D eigenvalue weighted by Crippen LogP contribution is 2.20. The van der Waals surface area contributed by atoms with Gasteiger partial charge in [0, 0.05) is 27.0 Å². The molecule has 16 heavy (non-hydrogen) atoms. The molecule has 1 aromatic carbocycles. The maximum absolute atomic E-state index is 5.19. The van der Waals surface area contributed by atoms with E-state index in [1.165, 1.54) is 16.8 Å². The largest absolute Gasteiger partial charge is 0.369 e. The SMILES string of the molecule is COC(CN(C)c1ccc(C)cc1C)OC. The lowest BCUT2D eigenvalue weighted by atomic mass is 10.1. The van der Waals surface area contributed by atoms with E-state index in [0.717, 1.165) is 6.54 Å². The van der Waals surface area contributed by atoms with Crippen LogP contribution in [-0.2, 0) is 9.47 Å². The van der Waals surface area contributed by atoms with Gasteiger partial charge in [0.15, 0.2) is 6.29 Å². The second-order valence-corrected chi connectivity index (χ2v) is 4.07. The number of hydrogen-bond donors (Lipinski definition) is 0. The number of benzene rings is 1. The highest BCUT2D eigenvalue weighted by molar-refractivity contribution is 5.53. The normalized spacial score (nSPS) is 10.9. The summed E-state index contributed by atoms with van der Waals surface area (Å²) in [6, 6.07) is 6.43. The van der Waals surface area contributed by atoms with Crippen molar-refractivity contribution in [2.75, 3.05) is 32.7 Å². The first-order chi connectivity index (χ1) is 7.58. The summed E-state index contributed by atoms with van der Waals surface area (Å²) in [7, 11) is 5.36. The zero-order valence-corrected chi connectivity index (χ0v) is 10.8. The summed E-state index contributed by atoms with van der Waals surface area (Å²) >= 11 is 0. The Balaban J connectivity index is 2.76. The van der Waals surface area contributed by atoms with E-state index in [1.807, 2.05) is 7.05 Å². The third-order valence-corrected chi connectivity index (χ3v) is 2.71. The van der Waals surface area contributed by atoms with Crippen molar-refractivity contribution >= 4 is 5.69 Å². The number of nitrogens with zero attached hydrogens (tertiary/aromatic N) is 1. The van der Waals surface area contributed by atoms with Crippen LogP contribution in [0, 0.1) is 13.8 Å². The van der Waals surface area contributed by atoms with Crippen LogP contribution in [0.4, 0.5) is 5.69 Å². The van der Waals surface area contributed by atoms with Crippen LogP contribution >= 0.6 is 0 Å². The highest BCUT2D eigenvalue weighted by Gasteiger charge is 2.11. The van der Waals surface area contributed by atoms with Crippen molar-refractivity contribution in [3.8, 4) is 0 Å². The first-order valence-electron chi connectivity index (χ1n) is 5.42. The van der Waals surface area contributed by atoms with Crippen LogP contribution in [-0.4, -0.2) is 34.1 Å². The lowest BCUT2D eigenvalue weighted by molar-refractivity contribution is -0.0944. The number of rotatable bonds is 5.